The van der Waals surface area contributed by atoms with Crippen molar-refractivity contribution in [2.45, 2.75) is 17.6 Å². The van der Waals surface area contributed by atoms with Crippen molar-refractivity contribution in [1.82, 2.24) is 14.3 Å². The molecule has 1 fully saturated rings. The van der Waals surface area contributed by atoms with Crippen LogP contribution in [0.1, 0.15) is 11.4 Å². The average Bonchev–Trinajstić information content (AvgIpc) is 3.26. The summed E-state index contributed by atoms with van der Waals surface area (Å²) in [6, 6.07) is 3.07. The molecule has 1 N–H and O–H groups in total. The number of benzene rings is 2. The summed E-state index contributed by atoms with van der Waals surface area (Å²) in [4.78, 5) is 5.03. The number of hydrogen-bond donors (Lipinski definition) is 1. The van der Waals surface area contributed by atoms with E-state index in [0.717, 1.165) is 24.7 Å². The van der Waals surface area contributed by atoms with Crippen molar-refractivity contribution >= 4 is 26.7 Å². The molecule has 9 nitrogen and oxygen atoms in total. The van der Waals surface area contributed by atoms with Crippen molar-refractivity contribution in [3.63, 3.8) is 0 Å². The molecule has 0 atom stereocenters. The standard InChI is InChI=1S/C21H19F5N4O5S2/c1-33-13-6-12(21(24,25)26)7-14(8-13)35-17-9-16(23)18(10-15(17)22)37(31,32)29-20-27-19(28-36-20)11-30-2-4-34-5-3-30/h6-10H,2-5,11H2,1H3,(H,27,28,29). The molecule has 2 heterocycles. The molecule has 1 saturated heterocycles. The second kappa shape index (κ2) is 10.7. The van der Waals surface area contributed by atoms with E-state index in [4.69, 9.17) is 14.2 Å². The Balaban J connectivity index is 1.52. The van der Waals surface area contributed by atoms with E-state index < -0.39 is 49.8 Å². The Morgan fingerprint density at radius 1 is 1.08 bits per heavy atom. The highest BCUT2D eigenvalue weighted by atomic mass is 32.2. The van der Waals surface area contributed by atoms with E-state index in [2.05, 4.69) is 14.1 Å². The molecule has 1 aliphatic heterocycles. The van der Waals surface area contributed by atoms with Gasteiger partial charge in [0.05, 0.1) is 32.4 Å². The van der Waals surface area contributed by atoms with Crippen LogP contribution in [0.15, 0.2) is 35.2 Å². The highest BCUT2D eigenvalue weighted by Crippen LogP contribution is 2.37. The number of halogens is 5. The fourth-order valence-electron chi connectivity index (χ4n) is 3.32. The molecule has 0 saturated carbocycles. The summed E-state index contributed by atoms with van der Waals surface area (Å²) in [7, 11) is -3.51. The SMILES string of the molecule is COc1cc(Oc2cc(F)c(S(=O)(=O)Nc3nc(CN4CCOCC4)ns3)cc2F)cc(C(F)(F)F)c1. The number of methoxy groups -OCH3 is 1. The number of rotatable bonds is 8. The molecule has 3 aromatic rings. The van der Waals surface area contributed by atoms with Crippen LogP contribution in [-0.4, -0.2) is 56.1 Å². The molecule has 0 unspecified atom stereocenters. The zero-order chi connectivity index (χ0) is 26.8. The quantitative estimate of drug-likeness (QED) is 0.404. The molecule has 4 rings (SSSR count). The second-order valence-corrected chi connectivity index (χ2v) is 10.1. The first-order valence-corrected chi connectivity index (χ1v) is 12.8. The van der Waals surface area contributed by atoms with Gasteiger partial charge in [0, 0.05) is 42.8 Å². The molecule has 2 aromatic carbocycles. The summed E-state index contributed by atoms with van der Waals surface area (Å²) in [5.74, 6) is -3.96. The van der Waals surface area contributed by atoms with E-state index in [-0.39, 0.29) is 10.9 Å². The summed E-state index contributed by atoms with van der Waals surface area (Å²) < 4.78 is 115. The van der Waals surface area contributed by atoms with E-state index in [0.29, 0.717) is 62.9 Å². The lowest BCUT2D eigenvalue weighted by molar-refractivity contribution is -0.137. The zero-order valence-electron chi connectivity index (χ0n) is 19.0. The molecule has 0 aliphatic carbocycles. The van der Waals surface area contributed by atoms with Crippen LogP contribution in [0.25, 0.3) is 0 Å². The van der Waals surface area contributed by atoms with Crippen LogP contribution >= 0.6 is 11.5 Å². The van der Waals surface area contributed by atoms with Gasteiger partial charge >= 0.3 is 6.18 Å². The van der Waals surface area contributed by atoms with Gasteiger partial charge in [0.15, 0.2) is 17.4 Å². The lowest BCUT2D eigenvalue weighted by atomic mass is 10.2. The third-order valence-electron chi connectivity index (χ3n) is 5.11. The molecular formula is C21H19F5N4O5S2. The van der Waals surface area contributed by atoms with Crippen LogP contribution in [0.2, 0.25) is 0 Å². The smallest absolute Gasteiger partial charge is 0.416 e. The Hall–Kier alpha value is -3.08. The van der Waals surface area contributed by atoms with Crippen molar-refractivity contribution in [3.05, 3.63) is 53.4 Å². The van der Waals surface area contributed by atoms with Crippen LogP contribution in [0.4, 0.5) is 27.1 Å². The molecule has 16 heteroatoms. The Bertz CT molecular complexity index is 1380. The molecule has 1 aromatic heterocycles. The summed E-state index contributed by atoms with van der Waals surface area (Å²) >= 11 is 0.727. The number of morpholine rings is 1. The molecular weight excluding hydrogens is 547 g/mol. The van der Waals surface area contributed by atoms with Gasteiger partial charge in [-0.1, -0.05) is 0 Å². The Labute approximate surface area is 212 Å². The predicted molar refractivity (Wildman–Crippen MR) is 121 cm³/mol. The number of anilines is 1. The molecule has 37 heavy (non-hydrogen) atoms. The number of hydrogen-bond acceptors (Lipinski definition) is 9. The van der Waals surface area contributed by atoms with Gasteiger partial charge in [-0.05, 0) is 12.1 Å². The van der Waals surface area contributed by atoms with Gasteiger partial charge < -0.3 is 14.2 Å². The number of sulfonamides is 1. The number of nitrogens with one attached hydrogen (secondary N) is 1. The second-order valence-electron chi connectivity index (χ2n) is 7.72. The van der Waals surface area contributed by atoms with Gasteiger partial charge in [-0.2, -0.15) is 17.5 Å². The maximum Gasteiger partial charge on any atom is 0.416 e. The van der Waals surface area contributed by atoms with E-state index in [9.17, 15) is 30.4 Å². The zero-order valence-corrected chi connectivity index (χ0v) is 20.6. The third kappa shape index (κ3) is 6.63. The summed E-state index contributed by atoms with van der Waals surface area (Å²) in [5.41, 5.74) is -1.14. The minimum absolute atomic E-state index is 0.153. The average molecular weight is 567 g/mol. The highest BCUT2D eigenvalue weighted by molar-refractivity contribution is 7.93. The predicted octanol–water partition coefficient (Wildman–Crippen LogP) is 4.27. The minimum atomic E-state index is -4.76. The monoisotopic (exact) mass is 566 g/mol. The summed E-state index contributed by atoms with van der Waals surface area (Å²) in [5, 5.41) is -0.153. The molecule has 0 amide bonds. The summed E-state index contributed by atoms with van der Waals surface area (Å²) in [6.07, 6.45) is -4.76. The van der Waals surface area contributed by atoms with Gasteiger partial charge in [0.25, 0.3) is 10.0 Å². The number of aromatic nitrogens is 2. The minimum Gasteiger partial charge on any atom is -0.497 e. The van der Waals surface area contributed by atoms with Gasteiger partial charge in [-0.15, -0.1) is 0 Å². The van der Waals surface area contributed by atoms with Crippen LogP contribution in [-0.2, 0) is 27.5 Å². The van der Waals surface area contributed by atoms with E-state index >= 15 is 0 Å². The number of alkyl halides is 3. The summed E-state index contributed by atoms with van der Waals surface area (Å²) in [6.45, 7) is 2.78. The van der Waals surface area contributed by atoms with Crippen LogP contribution in [0, 0.1) is 11.6 Å². The van der Waals surface area contributed by atoms with E-state index in [1.54, 1.807) is 0 Å². The number of ether oxygens (including phenoxy) is 3. The van der Waals surface area contributed by atoms with Crippen molar-refractivity contribution in [2.75, 3.05) is 38.1 Å². The van der Waals surface area contributed by atoms with E-state index in [1.807, 2.05) is 4.90 Å². The Morgan fingerprint density at radius 3 is 2.46 bits per heavy atom. The van der Waals surface area contributed by atoms with Crippen LogP contribution in [0.3, 0.4) is 0 Å². The highest BCUT2D eigenvalue weighted by Gasteiger charge is 2.32. The normalized spacial score (nSPS) is 15.0. The number of nitrogens with zero attached hydrogens (tertiary/aromatic N) is 3. The maximum absolute atomic E-state index is 14.7. The van der Waals surface area contributed by atoms with Gasteiger partial charge in [0.2, 0.25) is 5.13 Å². The molecule has 1 aliphatic rings. The lowest BCUT2D eigenvalue weighted by Gasteiger charge is -2.25. The first-order valence-electron chi connectivity index (χ1n) is 10.5. The fourth-order valence-corrected chi connectivity index (χ4v) is 5.20. The van der Waals surface area contributed by atoms with Crippen molar-refractivity contribution in [3.8, 4) is 17.2 Å². The third-order valence-corrected chi connectivity index (χ3v) is 7.26. The molecule has 0 bridgehead atoms. The lowest BCUT2D eigenvalue weighted by Crippen LogP contribution is -2.35. The maximum atomic E-state index is 14.7. The first-order chi connectivity index (χ1) is 17.4. The molecule has 0 spiro atoms. The van der Waals surface area contributed by atoms with Crippen LogP contribution in [0.5, 0.6) is 17.2 Å². The molecule has 0 radical (unpaired) electrons. The fraction of sp³-hybridized carbons (Fsp3) is 0.333. The van der Waals surface area contributed by atoms with Crippen molar-refractivity contribution < 1.29 is 44.6 Å². The molecule has 200 valence electrons. The van der Waals surface area contributed by atoms with Crippen LogP contribution < -0.4 is 14.2 Å². The van der Waals surface area contributed by atoms with Gasteiger partial charge in [0.1, 0.15) is 22.2 Å². The largest absolute Gasteiger partial charge is 0.497 e. The van der Waals surface area contributed by atoms with Gasteiger partial charge in [-0.3, -0.25) is 9.62 Å². The van der Waals surface area contributed by atoms with Gasteiger partial charge in [-0.25, -0.2) is 22.2 Å². The topological polar surface area (TPSA) is 103 Å². The Morgan fingerprint density at radius 2 is 1.78 bits per heavy atom. The van der Waals surface area contributed by atoms with Crippen molar-refractivity contribution in [2.24, 2.45) is 0 Å². The van der Waals surface area contributed by atoms with Crippen molar-refractivity contribution in [1.29, 1.82) is 0 Å². The van der Waals surface area contributed by atoms with E-state index in [1.165, 1.54) is 0 Å². The Kier molecular flexibility index (Phi) is 7.82. The first kappa shape index (κ1) is 27.0.